The van der Waals surface area contributed by atoms with E-state index in [0.29, 0.717) is 6.54 Å². The Balaban J connectivity index is 1.63. The van der Waals surface area contributed by atoms with Gasteiger partial charge in [-0.2, -0.15) is 5.10 Å². The Morgan fingerprint density at radius 1 is 1.42 bits per heavy atom. The zero-order chi connectivity index (χ0) is 13.6. The number of carbonyl (C=O) groups is 2. The summed E-state index contributed by atoms with van der Waals surface area (Å²) in [6, 6.07) is -0.195. The molecule has 3 rings (SSSR count). The van der Waals surface area contributed by atoms with E-state index in [0.717, 1.165) is 24.1 Å². The second-order valence-corrected chi connectivity index (χ2v) is 5.35. The van der Waals surface area contributed by atoms with E-state index < -0.39 is 0 Å². The van der Waals surface area contributed by atoms with E-state index in [1.165, 1.54) is 4.90 Å². The summed E-state index contributed by atoms with van der Waals surface area (Å²) in [5.74, 6) is -0.0954. The third-order valence-electron chi connectivity index (χ3n) is 3.97. The van der Waals surface area contributed by atoms with Gasteiger partial charge in [0.1, 0.15) is 0 Å². The number of nitrogens with zero attached hydrogens (tertiary/aromatic N) is 3. The van der Waals surface area contributed by atoms with E-state index in [-0.39, 0.29) is 30.3 Å². The van der Waals surface area contributed by atoms with Crippen molar-refractivity contribution in [2.45, 2.75) is 44.8 Å². The van der Waals surface area contributed by atoms with Gasteiger partial charge in [0.2, 0.25) is 11.8 Å². The van der Waals surface area contributed by atoms with Crippen molar-refractivity contribution in [3.05, 3.63) is 17.5 Å². The van der Waals surface area contributed by atoms with Crippen LogP contribution in [0.15, 0.2) is 6.20 Å². The minimum absolute atomic E-state index is 0.0343. The predicted octanol–water partition coefficient (Wildman–Crippen LogP) is 0.108. The molecule has 1 N–H and O–H groups in total. The molecule has 6 heteroatoms. The van der Waals surface area contributed by atoms with Crippen LogP contribution in [0, 0.1) is 6.92 Å². The summed E-state index contributed by atoms with van der Waals surface area (Å²) < 4.78 is 1.80. The molecule has 102 valence electrons. The van der Waals surface area contributed by atoms with Gasteiger partial charge in [-0.15, -0.1) is 0 Å². The average molecular weight is 262 g/mol. The van der Waals surface area contributed by atoms with Crippen molar-refractivity contribution in [3.63, 3.8) is 0 Å². The minimum Gasteiger partial charge on any atom is -0.301 e. The summed E-state index contributed by atoms with van der Waals surface area (Å²) in [5.41, 5.74) is 2.14. The molecule has 2 amide bonds. The number of aryl methyl sites for hydroxylation is 1. The number of likely N-dealkylation sites (tertiary alicyclic amines) is 1. The Bertz CT molecular complexity index is 533. The Morgan fingerprint density at radius 2 is 2.16 bits per heavy atom. The molecular weight excluding hydrogens is 244 g/mol. The maximum atomic E-state index is 12.1. The van der Waals surface area contributed by atoms with Gasteiger partial charge in [0.25, 0.3) is 0 Å². The number of aromatic nitrogens is 2. The lowest BCUT2D eigenvalue weighted by molar-refractivity contribution is -0.139. The van der Waals surface area contributed by atoms with Crippen LogP contribution in [0.2, 0.25) is 0 Å². The van der Waals surface area contributed by atoms with Crippen molar-refractivity contribution in [1.29, 1.82) is 0 Å². The molecular formula is C13H18N4O2. The molecule has 19 heavy (non-hydrogen) atoms. The quantitative estimate of drug-likeness (QED) is 0.782. The fourth-order valence-corrected chi connectivity index (χ4v) is 2.48. The van der Waals surface area contributed by atoms with Crippen molar-refractivity contribution >= 4 is 11.8 Å². The van der Waals surface area contributed by atoms with Gasteiger partial charge in [-0.1, -0.05) is 0 Å². The van der Waals surface area contributed by atoms with Crippen LogP contribution in [0.5, 0.6) is 0 Å². The highest BCUT2D eigenvalue weighted by Gasteiger charge is 2.45. The number of hydrogen-bond donors (Lipinski definition) is 1. The summed E-state index contributed by atoms with van der Waals surface area (Å²) in [7, 11) is 1.89. The van der Waals surface area contributed by atoms with E-state index in [9.17, 15) is 9.59 Å². The number of hydrogen-bond acceptors (Lipinski definition) is 4. The Labute approximate surface area is 111 Å². The van der Waals surface area contributed by atoms with Gasteiger partial charge in [0, 0.05) is 30.9 Å². The second kappa shape index (κ2) is 4.45. The zero-order valence-corrected chi connectivity index (χ0v) is 11.2. The van der Waals surface area contributed by atoms with Crippen LogP contribution in [-0.4, -0.2) is 38.6 Å². The highest BCUT2D eigenvalue weighted by atomic mass is 16.2. The highest BCUT2D eigenvalue weighted by Crippen LogP contribution is 2.31. The topological polar surface area (TPSA) is 67.2 Å². The lowest BCUT2D eigenvalue weighted by Crippen LogP contribution is -2.39. The lowest BCUT2D eigenvalue weighted by Gasteiger charge is -2.14. The Hall–Kier alpha value is -1.69. The maximum absolute atomic E-state index is 12.1. The monoisotopic (exact) mass is 262 g/mol. The number of amides is 2. The largest absolute Gasteiger partial charge is 0.301 e. The summed E-state index contributed by atoms with van der Waals surface area (Å²) in [4.78, 5) is 25.4. The van der Waals surface area contributed by atoms with Gasteiger partial charge < -0.3 is 5.32 Å². The van der Waals surface area contributed by atoms with Gasteiger partial charge in [0.15, 0.2) is 0 Å². The average Bonchev–Trinajstić information content (AvgIpc) is 3.10. The molecule has 1 saturated heterocycles. The first-order valence-corrected chi connectivity index (χ1v) is 6.64. The third-order valence-corrected chi connectivity index (χ3v) is 3.97. The van der Waals surface area contributed by atoms with Gasteiger partial charge in [0.05, 0.1) is 18.7 Å². The summed E-state index contributed by atoms with van der Waals surface area (Å²) in [5, 5.41) is 7.34. The first-order chi connectivity index (χ1) is 9.08. The Morgan fingerprint density at radius 3 is 2.74 bits per heavy atom. The van der Waals surface area contributed by atoms with Gasteiger partial charge >= 0.3 is 0 Å². The van der Waals surface area contributed by atoms with Gasteiger partial charge in [-0.25, -0.2) is 0 Å². The van der Waals surface area contributed by atoms with Crippen molar-refractivity contribution < 1.29 is 9.59 Å². The molecule has 2 aliphatic rings. The van der Waals surface area contributed by atoms with Crippen molar-refractivity contribution in [3.8, 4) is 0 Å². The molecule has 0 aromatic carbocycles. The molecule has 6 nitrogen and oxygen atoms in total. The molecule has 0 radical (unpaired) electrons. The number of nitrogens with one attached hydrogen (secondary N) is 1. The van der Waals surface area contributed by atoms with Crippen LogP contribution in [0.3, 0.4) is 0 Å². The van der Waals surface area contributed by atoms with Crippen LogP contribution in [0.1, 0.15) is 30.5 Å². The molecule has 1 aliphatic carbocycles. The molecule has 1 aliphatic heterocycles. The third kappa shape index (κ3) is 2.16. The lowest BCUT2D eigenvalue weighted by atomic mass is 10.2. The zero-order valence-electron chi connectivity index (χ0n) is 11.2. The molecule has 0 bridgehead atoms. The van der Waals surface area contributed by atoms with Crippen LogP contribution >= 0.6 is 0 Å². The van der Waals surface area contributed by atoms with Gasteiger partial charge in [-0.3, -0.25) is 19.2 Å². The summed E-state index contributed by atoms with van der Waals surface area (Å²) in [6.45, 7) is 2.56. The van der Waals surface area contributed by atoms with Crippen LogP contribution in [0.25, 0.3) is 0 Å². The molecule has 2 heterocycles. The number of imide groups is 1. The van der Waals surface area contributed by atoms with Crippen molar-refractivity contribution in [1.82, 2.24) is 20.0 Å². The van der Waals surface area contributed by atoms with E-state index in [1.807, 2.05) is 14.0 Å². The molecule has 1 aromatic rings. The van der Waals surface area contributed by atoms with E-state index in [1.54, 1.807) is 10.9 Å². The van der Waals surface area contributed by atoms with Crippen molar-refractivity contribution in [2.75, 3.05) is 0 Å². The molecule has 1 atom stereocenters. The highest BCUT2D eigenvalue weighted by molar-refractivity contribution is 6.06. The van der Waals surface area contributed by atoms with E-state index >= 15 is 0 Å². The number of rotatable bonds is 4. The number of carbonyl (C=O) groups excluding carboxylic acids is 2. The summed E-state index contributed by atoms with van der Waals surface area (Å²) >= 11 is 0. The standard InChI is InChI=1S/C13H18N4O2/c1-8-9(7-15-16(8)2)6-14-11-5-12(18)17(13(11)19)10-3-4-10/h7,10-11,14H,3-6H2,1-2H3. The smallest absolute Gasteiger partial charge is 0.247 e. The predicted molar refractivity (Wildman–Crippen MR) is 68.1 cm³/mol. The van der Waals surface area contributed by atoms with E-state index in [4.69, 9.17) is 0 Å². The van der Waals surface area contributed by atoms with Crippen LogP contribution < -0.4 is 5.32 Å². The first-order valence-electron chi connectivity index (χ1n) is 6.64. The fraction of sp³-hybridized carbons (Fsp3) is 0.615. The van der Waals surface area contributed by atoms with Crippen LogP contribution in [-0.2, 0) is 23.2 Å². The molecule has 1 aromatic heterocycles. The second-order valence-electron chi connectivity index (χ2n) is 5.35. The van der Waals surface area contributed by atoms with E-state index in [2.05, 4.69) is 10.4 Å². The van der Waals surface area contributed by atoms with Crippen molar-refractivity contribution in [2.24, 2.45) is 7.05 Å². The van der Waals surface area contributed by atoms with Crippen LogP contribution in [0.4, 0.5) is 0 Å². The normalized spacial score (nSPS) is 23.5. The first kappa shape index (κ1) is 12.3. The summed E-state index contributed by atoms with van der Waals surface area (Å²) in [6.07, 6.45) is 4.01. The molecule has 0 spiro atoms. The maximum Gasteiger partial charge on any atom is 0.247 e. The molecule has 1 unspecified atom stereocenters. The Kier molecular flexibility index (Phi) is 2.89. The minimum atomic E-state index is -0.368. The molecule has 2 fully saturated rings. The van der Waals surface area contributed by atoms with Gasteiger partial charge in [-0.05, 0) is 19.8 Å². The molecule has 1 saturated carbocycles. The SMILES string of the molecule is Cc1c(CNC2CC(=O)N(C3CC3)C2=O)cnn1C. The fourth-order valence-electron chi connectivity index (χ4n) is 2.48.